The van der Waals surface area contributed by atoms with Gasteiger partial charge in [-0.05, 0) is 48.5 Å². The zero-order valence-corrected chi connectivity index (χ0v) is 13.8. The summed E-state index contributed by atoms with van der Waals surface area (Å²) in [5, 5.41) is 2.66. The third kappa shape index (κ3) is 5.05. The minimum absolute atomic E-state index is 0.145. The first-order chi connectivity index (χ1) is 12.0. The van der Waals surface area contributed by atoms with E-state index in [1.807, 2.05) is 0 Å². The molecule has 2 amide bonds. The van der Waals surface area contributed by atoms with Crippen LogP contribution in [0.2, 0.25) is 0 Å². The van der Waals surface area contributed by atoms with Crippen LogP contribution in [0.25, 0.3) is 0 Å². The number of nitrogens with zero attached hydrogens (tertiary/aromatic N) is 1. The molecule has 2 rings (SSSR count). The normalized spacial score (nSPS) is 9.52. The Morgan fingerprint density at radius 1 is 1.24 bits per heavy atom. The van der Waals surface area contributed by atoms with E-state index in [0.29, 0.717) is 16.8 Å². The van der Waals surface area contributed by atoms with Crippen LogP contribution in [0.4, 0.5) is 10.1 Å². The fraction of sp³-hybridized carbons (Fsp3) is 0.100. The van der Waals surface area contributed by atoms with Gasteiger partial charge in [0.1, 0.15) is 5.82 Å². The summed E-state index contributed by atoms with van der Waals surface area (Å²) in [5.41, 5.74) is 1.66. The lowest BCUT2D eigenvalue weighted by Crippen LogP contribution is -2.25. The largest absolute Gasteiger partial charge is 0.341 e. The second-order valence-electron chi connectivity index (χ2n) is 5.14. The zero-order valence-electron chi connectivity index (χ0n) is 13.8. The van der Waals surface area contributed by atoms with E-state index in [2.05, 4.69) is 23.7 Å². The number of carbonyl (C=O) groups excluding carboxylic acids is 2. The molecule has 0 aliphatic heterocycles. The Morgan fingerprint density at radius 2 is 1.96 bits per heavy atom. The van der Waals surface area contributed by atoms with E-state index in [0.717, 1.165) is 0 Å². The van der Waals surface area contributed by atoms with Gasteiger partial charge in [0.05, 0.1) is 6.54 Å². The number of nitrogens with one attached hydrogen (secondary N) is 1. The van der Waals surface area contributed by atoms with Crippen molar-refractivity contribution in [2.24, 2.45) is 0 Å². The summed E-state index contributed by atoms with van der Waals surface area (Å²) in [4.78, 5) is 25.0. The molecular formula is C20H17FN2O2. The maximum atomic E-state index is 13.0. The molecule has 5 heteroatoms. The average Bonchev–Trinajstić information content (AvgIpc) is 2.64. The molecule has 0 saturated carbocycles. The van der Waals surface area contributed by atoms with Crippen LogP contribution in [-0.4, -0.2) is 25.4 Å². The summed E-state index contributed by atoms with van der Waals surface area (Å²) in [5.74, 6) is 4.68. The zero-order chi connectivity index (χ0) is 18.2. The highest BCUT2D eigenvalue weighted by atomic mass is 19.1. The van der Waals surface area contributed by atoms with E-state index in [1.165, 1.54) is 23.1 Å². The molecule has 0 aliphatic rings. The molecule has 0 atom stereocenters. The predicted octanol–water partition coefficient (Wildman–Crippen LogP) is 2.76. The van der Waals surface area contributed by atoms with Gasteiger partial charge in [-0.15, -0.1) is 0 Å². The summed E-state index contributed by atoms with van der Waals surface area (Å²) in [6.45, 7) is 3.58. The molecular weight excluding hydrogens is 319 g/mol. The number of hydrogen-bond acceptors (Lipinski definition) is 2. The number of rotatable bonds is 4. The van der Waals surface area contributed by atoms with E-state index < -0.39 is 0 Å². The van der Waals surface area contributed by atoms with Crippen molar-refractivity contribution in [3.63, 3.8) is 0 Å². The van der Waals surface area contributed by atoms with Gasteiger partial charge in [-0.2, -0.15) is 0 Å². The number of benzene rings is 2. The van der Waals surface area contributed by atoms with Gasteiger partial charge in [-0.3, -0.25) is 9.59 Å². The molecule has 1 N–H and O–H groups in total. The fourth-order valence-electron chi connectivity index (χ4n) is 2.04. The van der Waals surface area contributed by atoms with E-state index in [-0.39, 0.29) is 24.2 Å². The Balaban J connectivity index is 1.93. The number of hydrogen-bond donors (Lipinski definition) is 1. The lowest BCUT2D eigenvalue weighted by molar-refractivity contribution is -0.113. The maximum Gasteiger partial charge on any atom is 0.252 e. The molecule has 0 bridgehead atoms. The molecule has 2 aromatic rings. The Labute approximate surface area is 146 Å². The molecule has 0 spiro atoms. The highest BCUT2D eigenvalue weighted by molar-refractivity contribution is 6.01. The SMILES string of the molecule is C=CC(=O)N(C)c1ccc(C(=O)NCC#Cc2cccc(F)c2)cc1. The molecule has 25 heavy (non-hydrogen) atoms. The molecule has 0 aliphatic carbocycles. The smallest absolute Gasteiger partial charge is 0.252 e. The quantitative estimate of drug-likeness (QED) is 0.689. The minimum atomic E-state index is -0.351. The van der Waals surface area contributed by atoms with Crippen molar-refractivity contribution in [2.75, 3.05) is 18.5 Å². The Morgan fingerprint density at radius 3 is 2.60 bits per heavy atom. The number of likely N-dealkylation sites (N-methyl/N-ethyl adjacent to an activating group) is 1. The highest BCUT2D eigenvalue weighted by Gasteiger charge is 2.09. The van der Waals surface area contributed by atoms with Crippen LogP contribution in [0, 0.1) is 17.7 Å². The van der Waals surface area contributed by atoms with Crippen molar-refractivity contribution in [1.29, 1.82) is 0 Å². The molecule has 0 fully saturated rings. The fourth-order valence-corrected chi connectivity index (χ4v) is 2.04. The van der Waals surface area contributed by atoms with Gasteiger partial charge in [0.2, 0.25) is 5.91 Å². The number of amides is 2. The van der Waals surface area contributed by atoms with E-state index in [1.54, 1.807) is 43.4 Å². The van der Waals surface area contributed by atoms with Gasteiger partial charge in [-0.25, -0.2) is 4.39 Å². The Bertz CT molecular complexity index is 848. The molecule has 2 aromatic carbocycles. The first-order valence-corrected chi connectivity index (χ1v) is 7.54. The lowest BCUT2D eigenvalue weighted by atomic mass is 10.2. The first kappa shape index (κ1) is 18.0. The van der Waals surface area contributed by atoms with Crippen LogP contribution in [0.1, 0.15) is 15.9 Å². The Kier molecular flexibility index (Phi) is 6.08. The van der Waals surface area contributed by atoms with Crippen LogP contribution in [0.15, 0.2) is 61.2 Å². The third-order valence-corrected chi connectivity index (χ3v) is 3.42. The van der Waals surface area contributed by atoms with Crippen molar-refractivity contribution >= 4 is 17.5 Å². The van der Waals surface area contributed by atoms with Gasteiger partial charge in [0.25, 0.3) is 5.91 Å². The van der Waals surface area contributed by atoms with Crippen LogP contribution in [0.5, 0.6) is 0 Å². The monoisotopic (exact) mass is 336 g/mol. The van der Waals surface area contributed by atoms with Gasteiger partial charge < -0.3 is 10.2 Å². The van der Waals surface area contributed by atoms with Gasteiger partial charge in [0, 0.05) is 23.9 Å². The molecule has 0 heterocycles. The van der Waals surface area contributed by atoms with Gasteiger partial charge in [-0.1, -0.05) is 24.5 Å². The van der Waals surface area contributed by atoms with Crippen molar-refractivity contribution in [1.82, 2.24) is 5.32 Å². The highest BCUT2D eigenvalue weighted by Crippen LogP contribution is 2.14. The van der Waals surface area contributed by atoms with Crippen LogP contribution < -0.4 is 10.2 Å². The van der Waals surface area contributed by atoms with Gasteiger partial charge >= 0.3 is 0 Å². The Hall–Kier alpha value is -3.39. The van der Waals surface area contributed by atoms with E-state index in [4.69, 9.17) is 0 Å². The second-order valence-corrected chi connectivity index (χ2v) is 5.14. The number of carbonyl (C=O) groups is 2. The van der Waals surface area contributed by atoms with Crippen LogP contribution in [0.3, 0.4) is 0 Å². The summed E-state index contributed by atoms with van der Waals surface area (Å²) in [6.07, 6.45) is 1.22. The van der Waals surface area contributed by atoms with Gasteiger partial charge in [0.15, 0.2) is 0 Å². The van der Waals surface area contributed by atoms with Crippen molar-refractivity contribution in [2.45, 2.75) is 0 Å². The summed E-state index contributed by atoms with van der Waals surface area (Å²) in [7, 11) is 1.63. The number of halogens is 1. The molecule has 0 aromatic heterocycles. The predicted molar refractivity (Wildman–Crippen MR) is 95.7 cm³/mol. The van der Waals surface area contributed by atoms with E-state index >= 15 is 0 Å². The molecule has 126 valence electrons. The maximum absolute atomic E-state index is 13.0. The standard InChI is InChI=1S/C20H17FN2O2/c1-3-19(24)23(2)18-11-9-16(10-12-18)20(25)22-13-5-7-15-6-4-8-17(21)14-15/h3-4,6,8-12,14H,1,13H2,2H3,(H,22,25). The minimum Gasteiger partial charge on any atom is -0.341 e. The first-order valence-electron chi connectivity index (χ1n) is 7.54. The summed E-state index contributed by atoms with van der Waals surface area (Å²) in [6, 6.07) is 12.5. The molecule has 0 unspecified atom stereocenters. The second kappa shape index (κ2) is 8.46. The van der Waals surface area contributed by atoms with Crippen LogP contribution >= 0.6 is 0 Å². The molecule has 4 nitrogen and oxygen atoms in total. The van der Waals surface area contributed by atoms with Crippen molar-refractivity contribution < 1.29 is 14.0 Å². The number of anilines is 1. The van der Waals surface area contributed by atoms with Crippen molar-refractivity contribution in [3.05, 3.63) is 78.1 Å². The van der Waals surface area contributed by atoms with Crippen molar-refractivity contribution in [3.8, 4) is 11.8 Å². The molecule has 0 saturated heterocycles. The summed E-state index contributed by atoms with van der Waals surface area (Å²) < 4.78 is 13.0. The topological polar surface area (TPSA) is 49.4 Å². The van der Waals surface area contributed by atoms with E-state index in [9.17, 15) is 14.0 Å². The van der Waals surface area contributed by atoms with Crippen LogP contribution in [-0.2, 0) is 4.79 Å². The average molecular weight is 336 g/mol. The third-order valence-electron chi connectivity index (χ3n) is 3.42. The lowest BCUT2D eigenvalue weighted by Gasteiger charge is -2.15. The molecule has 0 radical (unpaired) electrons. The summed E-state index contributed by atoms with van der Waals surface area (Å²) >= 11 is 0.